The Labute approximate surface area is 106 Å². The van der Waals surface area contributed by atoms with E-state index in [2.05, 4.69) is 31.2 Å². The summed E-state index contributed by atoms with van der Waals surface area (Å²) in [6.45, 7) is 5.48. The van der Waals surface area contributed by atoms with E-state index in [1.165, 1.54) is 38.5 Å². The molecule has 0 aromatic heterocycles. The minimum Gasteiger partial charge on any atom is -0.345 e. The van der Waals surface area contributed by atoms with Crippen molar-refractivity contribution in [1.29, 1.82) is 0 Å². The number of nitrogens with one attached hydrogen (secondary N) is 1. The van der Waals surface area contributed by atoms with Gasteiger partial charge in [0.05, 0.1) is 6.04 Å². The molecule has 0 heterocycles. The standard InChI is InChI=1S/C13H28N4/c1-11(2)9-10-17(3)13(16-14)15-12-7-5-4-6-8-12/h11-12H,4-10,14H2,1-3H3,(H,15,16). The Kier molecular flexibility index (Phi) is 6.34. The van der Waals surface area contributed by atoms with Crippen LogP contribution in [0.1, 0.15) is 52.4 Å². The largest absolute Gasteiger partial charge is 0.345 e. The van der Waals surface area contributed by atoms with Crippen LogP contribution < -0.4 is 11.3 Å². The maximum Gasteiger partial charge on any atom is 0.208 e. The molecule has 1 fully saturated rings. The fourth-order valence-corrected chi connectivity index (χ4v) is 2.19. The van der Waals surface area contributed by atoms with Crippen molar-refractivity contribution in [2.45, 2.75) is 58.4 Å². The van der Waals surface area contributed by atoms with Crippen LogP contribution in [0.4, 0.5) is 0 Å². The minimum atomic E-state index is 0.469. The summed E-state index contributed by atoms with van der Waals surface area (Å²) in [5.41, 5.74) is 2.75. The maximum absolute atomic E-state index is 5.57. The van der Waals surface area contributed by atoms with Gasteiger partial charge in [0, 0.05) is 13.6 Å². The molecule has 0 radical (unpaired) electrons. The molecule has 0 aliphatic heterocycles. The predicted octanol–water partition coefficient (Wildman–Crippen LogP) is 2.12. The van der Waals surface area contributed by atoms with Gasteiger partial charge in [-0.2, -0.15) is 0 Å². The number of rotatable bonds is 4. The summed E-state index contributed by atoms with van der Waals surface area (Å²) >= 11 is 0. The second-order valence-electron chi connectivity index (χ2n) is 5.49. The molecule has 4 heteroatoms. The number of guanidine groups is 1. The highest BCUT2D eigenvalue weighted by Gasteiger charge is 2.14. The summed E-state index contributed by atoms with van der Waals surface area (Å²) in [6.07, 6.45) is 7.57. The molecule has 0 aromatic carbocycles. The third-order valence-corrected chi connectivity index (χ3v) is 3.41. The van der Waals surface area contributed by atoms with Gasteiger partial charge in [-0.15, -0.1) is 0 Å². The van der Waals surface area contributed by atoms with E-state index >= 15 is 0 Å². The van der Waals surface area contributed by atoms with Crippen LogP contribution in [0.25, 0.3) is 0 Å². The van der Waals surface area contributed by atoms with Crippen LogP contribution in [0, 0.1) is 5.92 Å². The molecule has 0 spiro atoms. The van der Waals surface area contributed by atoms with Crippen LogP contribution in [0.3, 0.4) is 0 Å². The van der Waals surface area contributed by atoms with Crippen LogP contribution >= 0.6 is 0 Å². The average molecular weight is 240 g/mol. The number of aliphatic imine (C=N–C) groups is 1. The van der Waals surface area contributed by atoms with Crippen molar-refractivity contribution in [2.75, 3.05) is 13.6 Å². The molecule has 1 aliphatic carbocycles. The first-order valence-corrected chi connectivity index (χ1v) is 6.89. The van der Waals surface area contributed by atoms with Crippen molar-refractivity contribution >= 4 is 5.96 Å². The van der Waals surface area contributed by atoms with Crippen molar-refractivity contribution in [3.63, 3.8) is 0 Å². The predicted molar refractivity (Wildman–Crippen MR) is 73.7 cm³/mol. The van der Waals surface area contributed by atoms with Crippen molar-refractivity contribution in [2.24, 2.45) is 16.8 Å². The van der Waals surface area contributed by atoms with Gasteiger partial charge in [0.2, 0.25) is 5.96 Å². The van der Waals surface area contributed by atoms with E-state index in [4.69, 9.17) is 10.8 Å². The second kappa shape index (κ2) is 7.54. The summed E-state index contributed by atoms with van der Waals surface area (Å²) in [5.74, 6) is 7.13. The number of hydrogen-bond acceptors (Lipinski definition) is 2. The minimum absolute atomic E-state index is 0.469. The first kappa shape index (κ1) is 14.3. The van der Waals surface area contributed by atoms with E-state index in [-0.39, 0.29) is 0 Å². The zero-order valence-corrected chi connectivity index (χ0v) is 11.6. The molecule has 4 nitrogen and oxygen atoms in total. The monoisotopic (exact) mass is 240 g/mol. The molecule has 0 aromatic rings. The molecule has 1 saturated carbocycles. The molecule has 17 heavy (non-hydrogen) atoms. The summed E-state index contributed by atoms with van der Waals surface area (Å²) in [7, 11) is 2.06. The molecule has 1 rings (SSSR count). The van der Waals surface area contributed by atoms with Crippen molar-refractivity contribution in [3.05, 3.63) is 0 Å². The first-order chi connectivity index (χ1) is 8.13. The quantitative estimate of drug-likeness (QED) is 0.342. The summed E-state index contributed by atoms with van der Waals surface area (Å²) in [5, 5.41) is 0. The summed E-state index contributed by atoms with van der Waals surface area (Å²) in [4.78, 5) is 6.87. The lowest BCUT2D eigenvalue weighted by molar-refractivity contribution is 0.405. The van der Waals surface area contributed by atoms with Gasteiger partial charge in [0.15, 0.2) is 0 Å². The molecule has 0 bridgehead atoms. The third-order valence-electron chi connectivity index (χ3n) is 3.41. The molecular formula is C13H28N4. The Morgan fingerprint density at radius 1 is 1.35 bits per heavy atom. The van der Waals surface area contributed by atoms with Gasteiger partial charge in [-0.05, 0) is 25.2 Å². The van der Waals surface area contributed by atoms with E-state index in [1.54, 1.807) is 0 Å². The SMILES string of the molecule is CC(C)CCN(C)C(=NC1CCCCC1)NN. The van der Waals surface area contributed by atoms with Crippen LogP contribution in [-0.4, -0.2) is 30.5 Å². The zero-order chi connectivity index (χ0) is 12.7. The van der Waals surface area contributed by atoms with E-state index in [1.807, 2.05) is 0 Å². The Hall–Kier alpha value is -0.770. The number of nitrogens with two attached hydrogens (primary N) is 1. The Morgan fingerprint density at radius 3 is 2.53 bits per heavy atom. The van der Waals surface area contributed by atoms with Crippen molar-refractivity contribution in [3.8, 4) is 0 Å². The fraction of sp³-hybridized carbons (Fsp3) is 0.923. The Morgan fingerprint density at radius 2 is 2.00 bits per heavy atom. The van der Waals surface area contributed by atoms with E-state index < -0.39 is 0 Å². The topological polar surface area (TPSA) is 53.6 Å². The van der Waals surface area contributed by atoms with Gasteiger partial charge in [0.25, 0.3) is 0 Å². The van der Waals surface area contributed by atoms with Gasteiger partial charge < -0.3 is 4.90 Å². The number of hydrogen-bond donors (Lipinski definition) is 2. The van der Waals surface area contributed by atoms with E-state index in [0.29, 0.717) is 12.0 Å². The maximum atomic E-state index is 5.57. The Balaban J connectivity index is 2.46. The molecular weight excluding hydrogens is 212 g/mol. The molecule has 100 valence electrons. The number of hydrazine groups is 1. The van der Waals surface area contributed by atoms with Gasteiger partial charge >= 0.3 is 0 Å². The van der Waals surface area contributed by atoms with Gasteiger partial charge in [0.1, 0.15) is 0 Å². The molecule has 0 amide bonds. The Bertz CT molecular complexity index is 232. The molecule has 3 N–H and O–H groups in total. The van der Waals surface area contributed by atoms with Crippen molar-refractivity contribution < 1.29 is 0 Å². The normalized spacial score (nSPS) is 18.5. The van der Waals surface area contributed by atoms with E-state index in [0.717, 1.165) is 12.5 Å². The van der Waals surface area contributed by atoms with Crippen LogP contribution in [0.5, 0.6) is 0 Å². The molecule has 0 unspecified atom stereocenters. The second-order valence-corrected chi connectivity index (χ2v) is 5.49. The number of nitrogens with zero attached hydrogens (tertiary/aromatic N) is 2. The fourth-order valence-electron chi connectivity index (χ4n) is 2.19. The molecule has 0 saturated heterocycles. The zero-order valence-electron chi connectivity index (χ0n) is 11.6. The molecule has 0 atom stereocenters. The van der Waals surface area contributed by atoms with Crippen LogP contribution in [-0.2, 0) is 0 Å². The highest BCUT2D eigenvalue weighted by molar-refractivity contribution is 5.79. The van der Waals surface area contributed by atoms with Gasteiger partial charge in [-0.25, -0.2) is 10.8 Å². The van der Waals surface area contributed by atoms with Gasteiger partial charge in [-0.3, -0.25) is 5.43 Å². The van der Waals surface area contributed by atoms with Gasteiger partial charge in [-0.1, -0.05) is 33.1 Å². The van der Waals surface area contributed by atoms with Crippen molar-refractivity contribution in [1.82, 2.24) is 10.3 Å². The van der Waals surface area contributed by atoms with Crippen LogP contribution in [0.15, 0.2) is 4.99 Å². The summed E-state index contributed by atoms with van der Waals surface area (Å²) < 4.78 is 0. The average Bonchev–Trinajstić information content (AvgIpc) is 2.34. The smallest absolute Gasteiger partial charge is 0.208 e. The third kappa shape index (κ3) is 5.39. The van der Waals surface area contributed by atoms with E-state index in [9.17, 15) is 0 Å². The molecule has 1 aliphatic rings. The lowest BCUT2D eigenvalue weighted by Crippen LogP contribution is -2.44. The highest BCUT2D eigenvalue weighted by Crippen LogP contribution is 2.20. The highest BCUT2D eigenvalue weighted by atomic mass is 15.4. The summed E-state index contributed by atoms with van der Waals surface area (Å²) in [6, 6.07) is 0.469. The lowest BCUT2D eigenvalue weighted by Gasteiger charge is -2.25. The lowest BCUT2D eigenvalue weighted by atomic mass is 9.96. The van der Waals surface area contributed by atoms with Crippen LogP contribution in [0.2, 0.25) is 0 Å². The first-order valence-electron chi connectivity index (χ1n) is 6.89.